The highest BCUT2D eigenvalue weighted by Gasteiger charge is 2.31. The predicted molar refractivity (Wildman–Crippen MR) is 77.1 cm³/mol. The minimum Gasteiger partial charge on any atom is -0.508 e. The van der Waals surface area contributed by atoms with Crippen LogP contribution >= 0.6 is 0 Å². The molecular weight excluding hydrogens is 253 g/mol. The number of phenolic OH excluding ortho intramolecular Hbond substituents is 1. The number of hydrogen-bond donors (Lipinski definition) is 2. The first kappa shape index (κ1) is 13.1. The predicted octanol–water partition coefficient (Wildman–Crippen LogP) is 3.57. The molecular formula is C17H18FNO. The Morgan fingerprint density at radius 1 is 1.05 bits per heavy atom. The van der Waals surface area contributed by atoms with E-state index in [1.54, 1.807) is 18.2 Å². The van der Waals surface area contributed by atoms with Crippen LogP contribution in [-0.4, -0.2) is 11.1 Å². The average molecular weight is 271 g/mol. The number of phenols is 1. The number of nitrogens with one attached hydrogen (secondary N) is 1. The summed E-state index contributed by atoms with van der Waals surface area (Å²) in [5.74, 6) is 0.542. The van der Waals surface area contributed by atoms with Gasteiger partial charge in [0.15, 0.2) is 0 Å². The summed E-state index contributed by atoms with van der Waals surface area (Å²) in [5.41, 5.74) is 1.99. The van der Waals surface area contributed by atoms with E-state index in [2.05, 4.69) is 5.32 Å². The monoisotopic (exact) mass is 271 g/mol. The molecule has 0 radical (unpaired) electrons. The first-order chi connectivity index (χ1) is 9.72. The van der Waals surface area contributed by atoms with Crippen LogP contribution < -0.4 is 5.32 Å². The van der Waals surface area contributed by atoms with Gasteiger partial charge in [0.05, 0.1) is 0 Å². The SMILES string of the molecule is Oc1ccc(CNC2CC(c3ccccc3F)C2)cc1. The third-order valence-corrected chi connectivity index (χ3v) is 4.01. The second kappa shape index (κ2) is 5.63. The Kier molecular flexibility index (Phi) is 3.70. The zero-order chi connectivity index (χ0) is 13.9. The molecule has 0 spiro atoms. The van der Waals surface area contributed by atoms with Crippen molar-refractivity contribution in [1.29, 1.82) is 0 Å². The van der Waals surface area contributed by atoms with Crippen LogP contribution in [0.4, 0.5) is 4.39 Å². The quantitative estimate of drug-likeness (QED) is 0.891. The summed E-state index contributed by atoms with van der Waals surface area (Å²) in [4.78, 5) is 0. The molecule has 3 heteroatoms. The molecule has 104 valence electrons. The Morgan fingerprint density at radius 2 is 1.75 bits per heavy atom. The van der Waals surface area contributed by atoms with Gasteiger partial charge >= 0.3 is 0 Å². The van der Waals surface area contributed by atoms with Crippen molar-refractivity contribution in [3.05, 3.63) is 65.5 Å². The number of aromatic hydroxyl groups is 1. The van der Waals surface area contributed by atoms with Gasteiger partial charge in [-0.1, -0.05) is 30.3 Å². The first-order valence-electron chi connectivity index (χ1n) is 6.98. The number of hydrogen-bond acceptors (Lipinski definition) is 2. The van der Waals surface area contributed by atoms with Crippen molar-refractivity contribution in [2.75, 3.05) is 0 Å². The van der Waals surface area contributed by atoms with E-state index in [1.807, 2.05) is 24.3 Å². The lowest BCUT2D eigenvalue weighted by molar-refractivity contribution is 0.284. The summed E-state index contributed by atoms with van der Waals surface area (Å²) in [6.07, 6.45) is 1.97. The summed E-state index contributed by atoms with van der Waals surface area (Å²) < 4.78 is 13.6. The van der Waals surface area contributed by atoms with Crippen LogP contribution in [0.2, 0.25) is 0 Å². The number of benzene rings is 2. The van der Waals surface area contributed by atoms with Crippen molar-refractivity contribution < 1.29 is 9.50 Å². The van der Waals surface area contributed by atoms with Crippen LogP contribution in [0.1, 0.15) is 29.9 Å². The van der Waals surface area contributed by atoms with E-state index in [-0.39, 0.29) is 11.6 Å². The van der Waals surface area contributed by atoms with Gasteiger partial charge in [-0.05, 0) is 48.1 Å². The van der Waals surface area contributed by atoms with Crippen molar-refractivity contribution in [2.24, 2.45) is 0 Å². The molecule has 0 saturated heterocycles. The maximum absolute atomic E-state index is 13.6. The molecule has 20 heavy (non-hydrogen) atoms. The average Bonchev–Trinajstić information content (AvgIpc) is 2.41. The minimum atomic E-state index is -0.0884. The molecule has 0 amide bonds. The van der Waals surface area contributed by atoms with Crippen LogP contribution in [-0.2, 0) is 6.54 Å². The molecule has 1 saturated carbocycles. The molecule has 3 rings (SSSR count). The fraction of sp³-hybridized carbons (Fsp3) is 0.294. The molecule has 0 atom stereocenters. The molecule has 0 aromatic heterocycles. The highest BCUT2D eigenvalue weighted by atomic mass is 19.1. The maximum Gasteiger partial charge on any atom is 0.126 e. The lowest BCUT2D eigenvalue weighted by Crippen LogP contribution is -2.39. The van der Waals surface area contributed by atoms with Crippen LogP contribution in [0.25, 0.3) is 0 Å². The Labute approximate surface area is 118 Å². The van der Waals surface area contributed by atoms with Gasteiger partial charge in [-0.2, -0.15) is 0 Å². The van der Waals surface area contributed by atoms with Crippen LogP contribution in [0.5, 0.6) is 5.75 Å². The van der Waals surface area contributed by atoms with Crippen LogP contribution in [0.3, 0.4) is 0 Å². The maximum atomic E-state index is 13.6. The lowest BCUT2D eigenvalue weighted by Gasteiger charge is -2.36. The molecule has 2 aromatic carbocycles. The van der Waals surface area contributed by atoms with E-state index < -0.39 is 0 Å². The fourth-order valence-electron chi connectivity index (χ4n) is 2.72. The molecule has 1 aliphatic carbocycles. The van der Waals surface area contributed by atoms with Crippen molar-refractivity contribution in [3.63, 3.8) is 0 Å². The van der Waals surface area contributed by atoms with E-state index in [0.717, 1.165) is 30.5 Å². The third-order valence-electron chi connectivity index (χ3n) is 4.01. The van der Waals surface area contributed by atoms with Gasteiger partial charge in [0.1, 0.15) is 11.6 Å². The van der Waals surface area contributed by atoms with Gasteiger partial charge in [-0.15, -0.1) is 0 Å². The molecule has 2 aromatic rings. The van der Waals surface area contributed by atoms with E-state index >= 15 is 0 Å². The van der Waals surface area contributed by atoms with Crippen molar-refractivity contribution in [1.82, 2.24) is 5.32 Å². The van der Waals surface area contributed by atoms with Gasteiger partial charge in [0.25, 0.3) is 0 Å². The van der Waals surface area contributed by atoms with Gasteiger partial charge in [0.2, 0.25) is 0 Å². The number of halogens is 1. The normalized spacial score (nSPS) is 21.4. The summed E-state index contributed by atoms with van der Waals surface area (Å²) in [6.45, 7) is 0.787. The minimum absolute atomic E-state index is 0.0884. The first-order valence-corrected chi connectivity index (χ1v) is 6.98. The largest absolute Gasteiger partial charge is 0.508 e. The standard InChI is InChI=1S/C17H18FNO/c18-17-4-2-1-3-16(17)13-9-14(10-13)19-11-12-5-7-15(20)8-6-12/h1-8,13-14,19-20H,9-11H2. The highest BCUT2D eigenvalue weighted by molar-refractivity contribution is 5.27. The Balaban J connectivity index is 1.49. The lowest BCUT2D eigenvalue weighted by atomic mass is 9.75. The van der Waals surface area contributed by atoms with E-state index in [0.29, 0.717) is 12.0 Å². The van der Waals surface area contributed by atoms with Crippen molar-refractivity contribution in [3.8, 4) is 5.75 Å². The highest BCUT2D eigenvalue weighted by Crippen LogP contribution is 2.38. The van der Waals surface area contributed by atoms with Crippen LogP contribution in [0.15, 0.2) is 48.5 Å². The van der Waals surface area contributed by atoms with E-state index in [1.165, 1.54) is 6.07 Å². The molecule has 1 aliphatic rings. The smallest absolute Gasteiger partial charge is 0.126 e. The Hall–Kier alpha value is -1.87. The molecule has 2 nitrogen and oxygen atoms in total. The zero-order valence-corrected chi connectivity index (χ0v) is 11.2. The van der Waals surface area contributed by atoms with E-state index in [9.17, 15) is 9.50 Å². The van der Waals surface area contributed by atoms with Gasteiger partial charge < -0.3 is 10.4 Å². The Morgan fingerprint density at radius 3 is 2.45 bits per heavy atom. The summed E-state index contributed by atoms with van der Waals surface area (Å²) in [6, 6.07) is 14.7. The summed E-state index contributed by atoms with van der Waals surface area (Å²) >= 11 is 0. The van der Waals surface area contributed by atoms with Gasteiger partial charge in [0, 0.05) is 12.6 Å². The van der Waals surface area contributed by atoms with E-state index in [4.69, 9.17) is 0 Å². The Bertz CT molecular complexity index is 576. The van der Waals surface area contributed by atoms with Crippen molar-refractivity contribution in [2.45, 2.75) is 31.3 Å². The topological polar surface area (TPSA) is 32.3 Å². The van der Waals surface area contributed by atoms with Crippen LogP contribution in [0, 0.1) is 5.82 Å². The molecule has 2 N–H and O–H groups in total. The van der Waals surface area contributed by atoms with Gasteiger partial charge in [-0.3, -0.25) is 0 Å². The van der Waals surface area contributed by atoms with Gasteiger partial charge in [-0.25, -0.2) is 4.39 Å². The second-order valence-electron chi connectivity index (χ2n) is 5.43. The number of rotatable bonds is 4. The molecule has 1 fully saturated rings. The van der Waals surface area contributed by atoms with Crippen molar-refractivity contribution >= 4 is 0 Å². The summed E-state index contributed by atoms with van der Waals surface area (Å²) in [5, 5.41) is 12.7. The zero-order valence-electron chi connectivity index (χ0n) is 11.2. The molecule has 0 heterocycles. The third kappa shape index (κ3) is 2.83. The molecule has 0 unspecified atom stereocenters. The molecule has 0 aliphatic heterocycles. The second-order valence-corrected chi connectivity index (χ2v) is 5.43. The summed E-state index contributed by atoms with van der Waals surface area (Å²) in [7, 11) is 0. The molecule has 0 bridgehead atoms. The fourth-order valence-corrected chi connectivity index (χ4v) is 2.72.